The first-order chi connectivity index (χ1) is 14.7. The minimum atomic E-state index is -4.03. The molecule has 0 spiro atoms. The molecule has 0 unspecified atom stereocenters. The van der Waals surface area contributed by atoms with E-state index < -0.39 is 16.1 Å². The van der Waals surface area contributed by atoms with Crippen molar-refractivity contribution in [2.24, 2.45) is 0 Å². The van der Waals surface area contributed by atoms with Crippen LogP contribution in [0.4, 0.5) is 10.5 Å². The number of anilines is 1. The van der Waals surface area contributed by atoms with E-state index in [0.29, 0.717) is 12.4 Å². The molecule has 2 aromatic rings. The van der Waals surface area contributed by atoms with Gasteiger partial charge in [-0.25, -0.2) is 13.2 Å². The molecule has 2 N–H and O–H groups in total. The molecule has 2 aromatic carbocycles. The Bertz CT molecular complexity index is 997. The second-order valence-electron chi connectivity index (χ2n) is 6.23. The molecule has 2 rings (SSSR count). The van der Waals surface area contributed by atoms with Crippen LogP contribution in [0, 0.1) is 0 Å². The molecule has 0 bridgehead atoms. The summed E-state index contributed by atoms with van der Waals surface area (Å²) in [5.74, 6) is 1.05. The topological polar surface area (TPSA) is 114 Å². The highest BCUT2D eigenvalue weighted by molar-refractivity contribution is 7.92. The number of ether oxygens (including phenoxy) is 3. The van der Waals surface area contributed by atoms with Crippen LogP contribution < -0.4 is 23.8 Å². The lowest BCUT2D eigenvalue weighted by atomic mass is 10.2. The van der Waals surface area contributed by atoms with Gasteiger partial charge in [0.2, 0.25) is 0 Å². The largest absolute Gasteiger partial charge is 0.495 e. The van der Waals surface area contributed by atoms with Crippen molar-refractivity contribution in [3.8, 4) is 17.2 Å². The van der Waals surface area contributed by atoms with Crippen LogP contribution in [0.1, 0.15) is 13.3 Å². The molecule has 0 aliphatic rings. The number of carboxylic acid groups (broad SMARTS) is 1. The molecule has 170 valence electrons. The van der Waals surface area contributed by atoms with Crippen molar-refractivity contribution in [2.75, 3.05) is 38.2 Å². The number of rotatable bonds is 11. The van der Waals surface area contributed by atoms with Crippen LogP contribution in [-0.2, 0) is 10.0 Å². The Balaban J connectivity index is 2.50. The predicted molar refractivity (Wildman–Crippen MR) is 117 cm³/mol. The number of hydrogen-bond acceptors (Lipinski definition) is 6. The predicted octanol–water partition coefficient (Wildman–Crippen LogP) is 3.61. The average Bonchev–Trinajstić information content (AvgIpc) is 2.74. The first-order valence-corrected chi connectivity index (χ1v) is 11.2. The first-order valence-electron chi connectivity index (χ1n) is 9.38. The van der Waals surface area contributed by atoms with E-state index in [4.69, 9.17) is 30.9 Å². The smallest absolute Gasteiger partial charge is 0.404 e. The number of carbonyl (C=O) groups is 1. The van der Waals surface area contributed by atoms with Crippen molar-refractivity contribution in [1.29, 1.82) is 0 Å². The number of nitrogens with one attached hydrogen (secondary N) is 1. The van der Waals surface area contributed by atoms with E-state index in [0.717, 1.165) is 4.31 Å². The van der Waals surface area contributed by atoms with Gasteiger partial charge >= 0.3 is 6.09 Å². The third-order valence-corrected chi connectivity index (χ3v) is 6.38. The fourth-order valence-corrected chi connectivity index (χ4v) is 4.57. The summed E-state index contributed by atoms with van der Waals surface area (Å²) in [7, 11) is -1.22. The Kier molecular flexibility index (Phi) is 8.64. The van der Waals surface area contributed by atoms with Crippen LogP contribution in [-0.4, -0.2) is 53.5 Å². The summed E-state index contributed by atoms with van der Waals surface area (Å²) in [5.41, 5.74) is 0.216. The molecule has 0 fully saturated rings. The third-order valence-electron chi connectivity index (χ3n) is 4.26. The second kappa shape index (κ2) is 11.0. The van der Waals surface area contributed by atoms with Crippen molar-refractivity contribution < 1.29 is 32.5 Å². The molecule has 0 atom stereocenters. The fraction of sp³-hybridized carbons (Fsp3) is 0.350. The van der Waals surface area contributed by atoms with Gasteiger partial charge in [-0.1, -0.05) is 11.6 Å². The first kappa shape index (κ1) is 24.4. The highest BCUT2D eigenvalue weighted by atomic mass is 35.5. The normalized spacial score (nSPS) is 11.0. The van der Waals surface area contributed by atoms with Gasteiger partial charge in [0.05, 0.1) is 36.4 Å². The molecule has 11 heteroatoms. The minimum Gasteiger partial charge on any atom is -0.495 e. The van der Waals surface area contributed by atoms with Crippen LogP contribution in [0.15, 0.2) is 41.3 Å². The maximum Gasteiger partial charge on any atom is 0.404 e. The Morgan fingerprint density at radius 3 is 2.32 bits per heavy atom. The lowest BCUT2D eigenvalue weighted by molar-refractivity contribution is 0.194. The van der Waals surface area contributed by atoms with E-state index in [2.05, 4.69) is 5.32 Å². The maximum atomic E-state index is 13.5. The van der Waals surface area contributed by atoms with Gasteiger partial charge in [-0.2, -0.15) is 0 Å². The van der Waals surface area contributed by atoms with E-state index in [9.17, 15) is 13.2 Å². The summed E-state index contributed by atoms with van der Waals surface area (Å²) in [4.78, 5) is 10.8. The van der Waals surface area contributed by atoms with Gasteiger partial charge in [-0.15, -0.1) is 0 Å². The standard InChI is InChI=1S/C20H25ClN2O7S/c1-4-30-14-6-8-15(9-7-14)31(26,27)23(11-5-10-22-20(24)25)17-13-18(28-2)16(21)12-19(17)29-3/h6-9,12-13,22H,4-5,10-11H2,1-3H3,(H,24,25). The van der Waals surface area contributed by atoms with Crippen molar-refractivity contribution in [3.63, 3.8) is 0 Å². The maximum absolute atomic E-state index is 13.5. The highest BCUT2D eigenvalue weighted by Gasteiger charge is 2.28. The van der Waals surface area contributed by atoms with Crippen molar-refractivity contribution in [1.82, 2.24) is 5.32 Å². The van der Waals surface area contributed by atoms with Gasteiger partial charge in [-0.3, -0.25) is 4.31 Å². The van der Waals surface area contributed by atoms with Crippen LogP contribution in [0.25, 0.3) is 0 Å². The zero-order valence-electron chi connectivity index (χ0n) is 17.4. The van der Waals surface area contributed by atoms with E-state index in [1.807, 2.05) is 6.92 Å². The van der Waals surface area contributed by atoms with Crippen LogP contribution in [0.2, 0.25) is 5.02 Å². The minimum absolute atomic E-state index is 0.0169. The average molecular weight is 473 g/mol. The van der Waals surface area contributed by atoms with Crippen LogP contribution in [0.3, 0.4) is 0 Å². The SMILES string of the molecule is CCOc1ccc(S(=O)(=O)N(CCCNC(=O)O)c2cc(OC)c(Cl)cc2OC)cc1. The molecular formula is C20H25ClN2O7S. The molecule has 0 saturated carbocycles. The quantitative estimate of drug-likeness (QED) is 0.480. The summed E-state index contributed by atoms with van der Waals surface area (Å²) < 4.78 is 44.1. The fourth-order valence-electron chi connectivity index (χ4n) is 2.83. The molecule has 0 aliphatic carbocycles. The molecule has 9 nitrogen and oxygen atoms in total. The molecule has 0 aliphatic heterocycles. The molecule has 0 saturated heterocycles. The number of sulfonamides is 1. The molecular weight excluding hydrogens is 448 g/mol. The van der Waals surface area contributed by atoms with E-state index in [1.54, 1.807) is 12.1 Å². The molecule has 0 radical (unpaired) electrons. The van der Waals surface area contributed by atoms with E-state index >= 15 is 0 Å². The lowest BCUT2D eigenvalue weighted by Gasteiger charge is -2.27. The van der Waals surface area contributed by atoms with Gasteiger partial charge in [0.1, 0.15) is 17.2 Å². The number of amides is 1. The van der Waals surface area contributed by atoms with Gasteiger partial charge in [0.15, 0.2) is 0 Å². The molecule has 0 aromatic heterocycles. The number of halogens is 1. The Morgan fingerprint density at radius 1 is 1.13 bits per heavy atom. The number of hydrogen-bond donors (Lipinski definition) is 2. The monoisotopic (exact) mass is 472 g/mol. The molecule has 0 heterocycles. The Hall–Kier alpha value is -2.85. The number of nitrogens with zero attached hydrogens (tertiary/aromatic N) is 1. The zero-order valence-corrected chi connectivity index (χ0v) is 19.0. The van der Waals surface area contributed by atoms with E-state index in [1.165, 1.54) is 38.5 Å². The third kappa shape index (κ3) is 6.08. The second-order valence-corrected chi connectivity index (χ2v) is 8.50. The zero-order chi connectivity index (χ0) is 23.0. The van der Waals surface area contributed by atoms with Crippen LogP contribution >= 0.6 is 11.6 Å². The van der Waals surface area contributed by atoms with Gasteiger partial charge in [0.25, 0.3) is 10.0 Å². The highest BCUT2D eigenvalue weighted by Crippen LogP contribution is 2.40. The summed E-state index contributed by atoms with van der Waals surface area (Å²) in [6.45, 7) is 2.34. The molecule has 31 heavy (non-hydrogen) atoms. The number of benzene rings is 2. The van der Waals surface area contributed by atoms with Gasteiger partial charge in [-0.05, 0) is 37.6 Å². The Labute approximate surface area is 186 Å². The van der Waals surface area contributed by atoms with Crippen molar-refractivity contribution in [2.45, 2.75) is 18.2 Å². The summed E-state index contributed by atoms with van der Waals surface area (Å²) >= 11 is 6.16. The lowest BCUT2D eigenvalue weighted by Crippen LogP contribution is -2.34. The summed E-state index contributed by atoms with van der Waals surface area (Å²) in [5, 5.41) is 11.3. The molecule has 1 amide bonds. The van der Waals surface area contributed by atoms with Crippen molar-refractivity contribution >= 4 is 33.4 Å². The van der Waals surface area contributed by atoms with Gasteiger partial charge in [0, 0.05) is 25.2 Å². The summed E-state index contributed by atoms with van der Waals surface area (Å²) in [6, 6.07) is 8.97. The summed E-state index contributed by atoms with van der Waals surface area (Å²) in [6.07, 6.45) is -0.969. The van der Waals surface area contributed by atoms with Gasteiger partial charge < -0.3 is 24.6 Å². The van der Waals surface area contributed by atoms with Crippen molar-refractivity contribution in [3.05, 3.63) is 41.4 Å². The van der Waals surface area contributed by atoms with Crippen LogP contribution in [0.5, 0.6) is 17.2 Å². The number of methoxy groups -OCH3 is 2. The Morgan fingerprint density at radius 2 is 1.77 bits per heavy atom. The van der Waals surface area contributed by atoms with E-state index in [-0.39, 0.29) is 46.6 Å².